The van der Waals surface area contributed by atoms with E-state index in [1.807, 2.05) is 0 Å². The molecule has 0 spiro atoms. The van der Waals surface area contributed by atoms with Gasteiger partial charge in [0.1, 0.15) is 18.5 Å². The molecule has 3 fully saturated rings. The monoisotopic (exact) mass is 326 g/mol. The lowest BCUT2D eigenvalue weighted by Gasteiger charge is -2.23. The topological polar surface area (TPSA) is 58.0 Å². The van der Waals surface area contributed by atoms with Crippen LogP contribution in [-0.2, 0) is 0 Å². The zero-order valence-electron chi connectivity index (χ0n) is 13.3. The second-order valence-corrected chi connectivity index (χ2v) is 7.10. The van der Waals surface area contributed by atoms with Gasteiger partial charge in [-0.15, -0.1) is 0 Å². The maximum atomic E-state index is 13.9. The Hall–Kier alpha value is -2.31. The third kappa shape index (κ3) is 2.39. The molecular formula is C17H19FN6. The molecule has 24 heavy (non-hydrogen) atoms. The van der Waals surface area contributed by atoms with E-state index in [2.05, 4.69) is 35.8 Å². The first kappa shape index (κ1) is 14.1. The molecule has 6 nitrogen and oxygen atoms in total. The summed E-state index contributed by atoms with van der Waals surface area (Å²) in [6.07, 6.45) is 6.85. The third-order valence-corrected chi connectivity index (χ3v) is 5.43. The van der Waals surface area contributed by atoms with Gasteiger partial charge >= 0.3 is 0 Å². The SMILES string of the molecule is Fc1cncnc1N1CC2CN(c3cc(C4CC4)ncn3)CC2C1. The summed E-state index contributed by atoms with van der Waals surface area (Å²) in [4.78, 5) is 21.1. The average Bonchev–Trinajstić information content (AvgIpc) is 3.26. The molecule has 2 aliphatic heterocycles. The minimum Gasteiger partial charge on any atom is -0.356 e. The van der Waals surface area contributed by atoms with Gasteiger partial charge in [-0.25, -0.2) is 24.3 Å². The van der Waals surface area contributed by atoms with Gasteiger partial charge < -0.3 is 9.80 Å². The first-order chi connectivity index (χ1) is 11.8. The van der Waals surface area contributed by atoms with E-state index in [0.29, 0.717) is 23.6 Å². The van der Waals surface area contributed by atoms with Crippen molar-refractivity contribution in [1.82, 2.24) is 19.9 Å². The van der Waals surface area contributed by atoms with Crippen molar-refractivity contribution >= 4 is 11.6 Å². The van der Waals surface area contributed by atoms with E-state index >= 15 is 0 Å². The van der Waals surface area contributed by atoms with Gasteiger partial charge in [-0.1, -0.05) is 0 Å². The molecule has 2 atom stereocenters. The molecule has 0 aromatic carbocycles. The number of nitrogens with zero attached hydrogens (tertiary/aromatic N) is 6. The molecule has 2 aromatic rings. The van der Waals surface area contributed by atoms with Crippen LogP contribution in [0.4, 0.5) is 16.0 Å². The van der Waals surface area contributed by atoms with Crippen molar-refractivity contribution in [3.8, 4) is 0 Å². The molecule has 0 N–H and O–H groups in total. The molecule has 124 valence electrons. The molecule has 5 rings (SSSR count). The average molecular weight is 326 g/mol. The van der Waals surface area contributed by atoms with Gasteiger partial charge in [-0.05, 0) is 12.8 Å². The van der Waals surface area contributed by atoms with E-state index < -0.39 is 0 Å². The minimum absolute atomic E-state index is 0.334. The maximum absolute atomic E-state index is 13.9. The lowest BCUT2D eigenvalue weighted by Crippen LogP contribution is -2.30. The minimum atomic E-state index is -0.334. The Balaban J connectivity index is 1.30. The fraction of sp³-hybridized carbons (Fsp3) is 0.529. The zero-order valence-corrected chi connectivity index (χ0v) is 13.3. The first-order valence-corrected chi connectivity index (χ1v) is 8.55. The summed E-state index contributed by atoms with van der Waals surface area (Å²) in [6, 6.07) is 2.15. The van der Waals surface area contributed by atoms with Crippen molar-refractivity contribution < 1.29 is 4.39 Å². The predicted octanol–water partition coefficient (Wildman–Crippen LogP) is 1.86. The van der Waals surface area contributed by atoms with Crippen molar-refractivity contribution in [1.29, 1.82) is 0 Å². The van der Waals surface area contributed by atoms with Crippen molar-refractivity contribution in [2.75, 3.05) is 36.0 Å². The van der Waals surface area contributed by atoms with Crippen LogP contribution < -0.4 is 9.80 Å². The van der Waals surface area contributed by atoms with Crippen LogP contribution in [0.15, 0.2) is 24.9 Å². The van der Waals surface area contributed by atoms with Crippen molar-refractivity contribution in [3.05, 3.63) is 36.4 Å². The fourth-order valence-corrected chi connectivity index (χ4v) is 4.03. The second kappa shape index (κ2) is 5.36. The number of halogens is 1. The van der Waals surface area contributed by atoms with Gasteiger partial charge in [0.05, 0.1) is 6.20 Å². The molecule has 3 aliphatic rings. The highest BCUT2D eigenvalue weighted by molar-refractivity contribution is 5.45. The van der Waals surface area contributed by atoms with Crippen LogP contribution in [0.3, 0.4) is 0 Å². The summed E-state index contributed by atoms with van der Waals surface area (Å²) >= 11 is 0. The zero-order chi connectivity index (χ0) is 16.1. The van der Waals surface area contributed by atoms with Gasteiger partial charge in [0.2, 0.25) is 0 Å². The van der Waals surface area contributed by atoms with E-state index in [0.717, 1.165) is 32.0 Å². The van der Waals surface area contributed by atoms with Crippen LogP contribution in [-0.4, -0.2) is 46.1 Å². The Kier molecular flexibility index (Phi) is 3.14. The largest absolute Gasteiger partial charge is 0.356 e. The lowest BCUT2D eigenvalue weighted by atomic mass is 10.0. The maximum Gasteiger partial charge on any atom is 0.183 e. The standard InChI is InChI=1S/C17H19FN6/c18-14-4-19-9-22-17(14)24-7-12-5-23(6-13(12)8-24)16-3-15(11-1-2-11)20-10-21-16/h3-4,9-13H,1-2,5-8H2. The highest BCUT2D eigenvalue weighted by Crippen LogP contribution is 2.40. The highest BCUT2D eigenvalue weighted by Gasteiger charge is 2.41. The molecule has 2 unspecified atom stereocenters. The van der Waals surface area contributed by atoms with Crippen molar-refractivity contribution in [3.63, 3.8) is 0 Å². The second-order valence-electron chi connectivity index (χ2n) is 7.10. The Morgan fingerprint density at radius 3 is 2.38 bits per heavy atom. The molecule has 1 saturated carbocycles. The number of rotatable bonds is 3. The molecule has 2 aromatic heterocycles. The summed E-state index contributed by atoms with van der Waals surface area (Å²) in [6.45, 7) is 3.62. The molecular weight excluding hydrogens is 307 g/mol. The predicted molar refractivity (Wildman–Crippen MR) is 87.4 cm³/mol. The smallest absolute Gasteiger partial charge is 0.183 e. The van der Waals surface area contributed by atoms with Crippen LogP contribution in [0.25, 0.3) is 0 Å². The third-order valence-electron chi connectivity index (χ3n) is 5.43. The van der Waals surface area contributed by atoms with Crippen LogP contribution in [0, 0.1) is 17.7 Å². The molecule has 0 bridgehead atoms. The number of fused-ring (bicyclic) bond motifs is 1. The van der Waals surface area contributed by atoms with Crippen molar-refractivity contribution in [2.45, 2.75) is 18.8 Å². The van der Waals surface area contributed by atoms with Gasteiger partial charge in [-0.2, -0.15) is 0 Å². The Bertz CT molecular complexity index is 750. The normalized spacial score (nSPS) is 26.0. The molecule has 1 aliphatic carbocycles. The molecule has 2 saturated heterocycles. The molecule has 0 amide bonds. The Morgan fingerprint density at radius 1 is 0.917 bits per heavy atom. The van der Waals surface area contributed by atoms with Gasteiger partial charge in [-0.3, -0.25) is 0 Å². The Morgan fingerprint density at radius 2 is 1.67 bits per heavy atom. The fourth-order valence-electron chi connectivity index (χ4n) is 4.03. The van der Waals surface area contributed by atoms with Crippen LogP contribution in [0.2, 0.25) is 0 Å². The first-order valence-electron chi connectivity index (χ1n) is 8.55. The molecule has 7 heteroatoms. The highest BCUT2D eigenvalue weighted by atomic mass is 19.1. The van der Waals surface area contributed by atoms with E-state index in [1.165, 1.54) is 31.1 Å². The summed E-state index contributed by atoms with van der Waals surface area (Å²) in [5.74, 6) is 2.84. The van der Waals surface area contributed by atoms with Gasteiger partial charge in [0.15, 0.2) is 11.6 Å². The molecule has 4 heterocycles. The quantitative estimate of drug-likeness (QED) is 0.858. The summed E-state index contributed by atoms with van der Waals surface area (Å²) in [5.41, 5.74) is 1.18. The number of hydrogen-bond acceptors (Lipinski definition) is 6. The van der Waals surface area contributed by atoms with E-state index in [4.69, 9.17) is 0 Å². The van der Waals surface area contributed by atoms with Crippen LogP contribution in [0.1, 0.15) is 24.5 Å². The molecule has 0 radical (unpaired) electrons. The van der Waals surface area contributed by atoms with E-state index in [-0.39, 0.29) is 5.82 Å². The number of hydrogen-bond donors (Lipinski definition) is 0. The number of anilines is 2. The van der Waals surface area contributed by atoms with E-state index in [9.17, 15) is 4.39 Å². The van der Waals surface area contributed by atoms with Crippen molar-refractivity contribution in [2.24, 2.45) is 11.8 Å². The summed E-state index contributed by atoms with van der Waals surface area (Å²) < 4.78 is 13.9. The Labute approximate surface area is 139 Å². The lowest BCUT2D eigenvalue weighted by molar-refractivity contribution is 0.533. The van der Waals surface area contributed by atoms with E-state index in [1.54, 1.807) is 6.33 Å². The summed E-state index contributed by atoms with van der Waals surface area (Å²) in [5, 5.41) is 0. The van der Waals surface area contributed by atoms with Crippen LogP contribution >= 0.6 is 0 Å². The van der Waals surface area contributed by atoms with Gasteiger partial charge in [0.25, 0.3) is 0 Å². The number of aromatic nitrogens is 4. The summed E-state index contributed by atoms with van der Waals surface area (Å²) in [7, 11) is 0. The van der Waals surface area contributed by atoms with Crippen LogP contribution in [0.5, 0.6) is 0 Å². The van der Waals surface area contributed by atoms with Gasteiger partial charge in [0, 0.05) is 55.7 Å².